The van der Waals surface area contributed by atoms with Crippen molar-refractivity contribution in [1.29, 1.82) is 0 Å². The number of aromatic nitrogens is 4. The second-order valence-corrected chi connectivity index (χ2v) is 8.29. The van der Waals surface area contributed by atoms with Crippen molar-refractivity contribution in [2.45, 2.75) is 38.6 Å². The first-order chi connectivity index (χ1) is 17.1. The molecular formula is C25H23F4N5O2. The smallest absolute Gasteiger partial charge is 0.399 e. The number of rotatable bonds is 7. The Labute approximate surface area is 204 Å². The van der Waals surface area contributed by atoms with Crippen LogP contribution in [0.3, 0.4) is 0 Å². The van der Waals surface area contributed by atoms with E-state index in [0.29, 0.717) is 22.5 Å². The molecule has 11 heteroatoms. The van der Waals surface area contributed by atoms with E-state index in [1.54, 1.807) is 31.2 Å². The van der Waals surface area contributed by atoms with Gasteiger partial charge in [0.25, 0.3) is 0 Å². The van der Waals surface area contributed by atoms with Gasteiger partial charge in [0.15, 0.2) is 0 Å². The summed E-state index contributed by atoms with van der Waals surface area (Å²) in [6.45, 7) is 3.07. The maximum atomic E-state index is 13.5. The van der Waals surface area contributed by atoms with Gasteiger partial charge in [-0.2, -0.15) is 13.2 Å². The van der Waals surface area contributed by atoms with Crippen molar-refractivity contribution in [3.05, 3.63) is 77.5 Å². The fraction of sp³-hybridized carbons (Fsp3) is 0.280. The quantitative estimate of drug-likeness (QED) is 0.214. The number of halogens is 4. The molecule has 0 unspecified atom stereocenters. The minimum absolute atomic E-state index is 0.101. The Morgan fingerprint density at radius 3 is 2.47 bits per heavy atom. The Morgan fingerprint density at radius 1 is 1.11 bits per heavy atom. The van der Waals surface area contributed by atoms with Gasteiger partial charge in [-0.15, -0.1) is 5.10 Å². The fourth-order valence-electron chi connectivity index (χ4n) is 3.89. The molecule has 4 aromatic rings. The monoisotopic (exact) mass is 501 g/mol. The molecule has 2 aromatic carbocycles. The van der Waals surface area contributed by atoms with Gasteiger partial charge >= 0.3 is 6.18 Å². The molecule has 2 aromatic heterocycles. The Kier molecular flexibility index (Phi) is 6.77. The van der Waals surface area contributed by atoms with Crippen molar-refractivity contribution in [3.63, 3.8) is 0 Å². The lowest BCUT2D eigenvalue weighted by Gasteiger charge is -2.26. The van der Waals surface area contributed by atoms with Gasteiger partial charge in [-0.25, -0.2) is 14.1 Å². The molecule has 0 aliphatic heterocycles. The molecule has 4 rings (SSSR count). The van der Waals surface area contributed by atoms with Gasteiger partial charge in [0.2, 0.25) is 5.60 Å². The lowest BCUT2D eigenvalue weighted by atomic mass is 9.96. The van der Waals surface area contributed by atoms with Gasteiger partial charge in [-0.3, -0.25) is 0 Å². The zero-order chi connectivity index (χ0) is 26.1. The Hall–Kier alpha value is -3.86. The summed E-state index contributed by atoms with van der Waals surface area (Å²) >= 11 is 0. The molecule has 0 bridgehead atoms. The number of hydrogen-bond donors (Lipinski definition) is 1. The first-order valence-electron chi connectivity index (χ1n) is 11.0. The van der Waals surface area contributed by atoms with E-state index in [9.17, 15) is 22.7 Å². The topological polar surface area (TPSA) is 85.4 Å². The van der Waals surface area contributed by atoms with Crippen molar-refractivity contribution < 1.29 is 27.5 Å². The second-order valence-electron chi connectivity index (χ2n) is 8.29. The Bertz CT molecular complexity index is 1420. The van der Waals surface area contributed by atoms with E-state index in [4.69, 9.17) is 4.84 Å². The molecule has 0 fully saturated rings. The number of pyridine rings is 1. The summed E-state index contributed by atoms with van der Waals surface area (Å²) in [4.78, 5) is 9.55. The number of oxime groups is 1. The number of fused-ring (bicyclic) bond motifs is 1. The van der Waals surface area contributed by atoms with Crippen LogP contribution < -0.4 is 0 Å². The lowest BCUT2D eigenvalue weighted by Crippen LogP contribution is -2.42. The summed E-state index contributed by atoms with van der Waals surface area (Å²) in [6, 6.07) is 13.3. The van der Waals surface area contributed by atoms with Gasteiger partial charge in [0, 0.05) is 5.39 Å². The van der Waals surface area contributed by atoms with E-state index in [0.717, 1.165) is 22.7 Å². The van der Waals surface area contributed by atoms with Crippen molar-refractivity contribution in [3.8, 4) is 11.1 Å². The number of nitrogens with zero attached hydrogens (tertiary/aromatic N) is 5. The first-order valence-corrected chi connectivity index (χ1v) is 11.0. The molecule has 1 atom stereocenters. The highest BCUT2D eigenvalue weighted by Gasteiger charge is 2.55. The van der Waals surface area contributed by atoms with Gasteiger partial charge in [0.05, 0.1) is 24.0 Å². The van der Waals surface area contributed by atoms with Gasteiger partial charge < -0.3 is 9.94 Å². The minimum Gasteiger partial charge on any atom is -0.399 e. The standard InChI is InChI=1S/C25H23F4N5O2/c1-4-24(35,25(27,28)29)23-14-34(33-31-23)13-16-5-10-19-20(17-6-8-18(26)9-7-17)12-21(15(2)32-36-3)30-22(19)11-16/h5-12,14,35H,4,13H2,1-3H3/t24-/m0/s1. The third-order valence-corrected chi connectivity index (χ3v) is 5.92. The van der Waals surface area contributed by atoms with Crippen LogP contribution in [-0.2, 0) is 17.0 Å². The zero-order valence-electron chi connectivity index (χ0n) is 19.7. The lowest BCUT2D eigenvalue weighted by molar-refractivity contribution is -0.269. The molecule has 0 spiro atoms. The largest absolute Gasteiger partial charge is 0.423 e. The van der Waals surface area contributed by atoms with Crippen LogP contribution in [0.1, 0.15) is 37.2 Å². The van der Waals surface area contributed by atoms with Crippen LogP contribution in [-0.4, -0.2) is 44.1 Å². The second kappa shape index (κ2) is 9.65. The van der Waals surface area contributed by atoms with Crippen LogP contribution >= 0.6 is 0 Å². The first kappa shape index (κ1) is 25.2. The maximum absolute atomic E-state index is 13.5. The predicted octanol–water partition coefficient (Wildman–Crippen LogP) is 5.21. The van der Waals surface area contributed by atoms with Crippen LogP contribution in [0.2, 0.25) is 0 Å². The van der Waals surface area contributed by atoms with Crippen molar-refractivity contribution in [2.75, 3.05) is 7.11 Å². The Balaban J connectivity index is 1.75. The van der Waals surface area contributed by atoms with Crippen LogP contribution in [0.15, 0.2) is 59.9 Å². The van der Waals surface area contributed by atoms with E-state index in [1.807, 2.05) is 12.1 Å². The molecule has 36 heavy (non-hydrogen) atoms. The van der Waals surface area contributed by atoms with E-state index >= 15 is 0 Å². The number of hydrogen-bond acceptors (Lipinski definition) is 6. The molecule has 0 saturated carbocycles. The molecule has 0 aliphatic carbocycles. The van der Waals surface area contributed by atoms with Crippen LogP contribution in [0.25, 0.3) is 22.0 Å². The van der Waals surface area contributed by atoms with Crippen LogP contribution in [0.5, 0.6) is 0 Å². The molecule has 0 radical (unpaired) electrons. The van der Waals surface area contributed by atoms with E-state index in [-0.39, 0.29) is 12.4 Å². The van der Waals surface area contributed by atoms with Gasteiger partial charge in [-0.1, -0.05) is 41.6 Å². The fourth-order valence-corrected chi connectivity index (χ4v) is 3.89. The Morgan fingerprint density at radius 2 is 1.83 bits per heavy atom. The van der Waals surface area contributed by atoms with Crippen LogP contribution in [0, 0.1) is 5.82 Å². The minimum atomic E-state index is -4.88. The summed E-state index contributed by atoms with van der Waals surface area (Å²) < 4.78 is 54.9. The van der Waals surface area contributed by atoms with Gasteiger partial charge in [0.1, 0.15) is 24.3 Å². The van der Waals surface area contributed by atoms with E-state index in [1.165, 1.54) is 30.8 Å². The summed E-state index contributed by atoms with van der Waals surface area (Å²) in [5.41, 5.74) is 0.291. The highest BCUT2D eigenvalue weighted by atomic mass is 19.4. The predicted molar refractivity (Wildman–Crippen MR) is 126 cm³/mol. The van der Waals surface area contributed by atoms with Crippen LogP contribution in [0.4, 0.5) is 17.6 Å². The number of aliphatic hydroxyl groups is 1. The summed E-state index contributed by atoms with van der Waals surface area (Å²) in [5, 5.41) is 22.2. The third kappa shape index (κ3) is 4.78. The normalized spacial score (nSPS) is 14.2. The highest BCUT2D eigenvalue weighted by Crippen LogP contribution is 2.40. The molecule has 0 aliphatic rings. The molecule has 188 valence electrons. The molecule has 0 amide bonds. The van der Waals surface area contributed by atoms with Crippen molar-refractivity contribution in [2.24, 2.45) is 5.16 Å². The third-order valence-electron chi connectivity index (χ3n) is 5.92. The zero-order valence-corrected chi connectivity index (χ0v) is 19.7. The summed E-state index contributed by atoms with van der Waals surface area (Å²) in [7, 11) is 1.42. The molecule has 1 N–H and O–H groups in total. The molecule has 2 heterocycles. The summed E-state index contributed by atoms with van der Waals surface area (Å²) in [6.07, 6.45) is -4.39. The maximum Gasteiger partial charge on any atom is 0.423 e. The SMILES string of the molecule is CC[C@](O)(c1cn(Cc2ccc3c(-c4ccc(F)cc4)cc(C(C)=NOC)nc3c2)nn1)C(F)(F)F. The molecular weight excluding hydrogens is 478 g/mol. The van der Waals surface area contributed by atoms with E-state index < -0.39 is 23.9 Å². The van der Waals surface area contributed by atoms with Gasteiger partial charge in [-0.05, 0) is 54.3 Å². The average molecular weight is 501 g/mol. The number of benzene rings is 2. The van der Waals surface area contributed by atoms with Crippen molar-refractivity contribution in [1.82, 2.24) is 20.0 Å². The highest BCUT2D eigenvalue weighted by molar-refractivity contribution is 6.03. The molecule has 7 nitrogen and oxygen atoms in total. The van der Waals surface area contributed by atoms with Crippen molar-refractivity contribution >= 4 is 16.6 Å². The number of alkyl halides is 3. The summed E-state index contributed by atoms with van der Waals surface area (Å²) in [5.74, 6) is -0.357. The van der Waals surface area contributed by atoms with E-state index in [2.05, 4.69) is 20.5 Å². The molecule has 0 saturated heterocycles. The average Bonchev–Trinajstić information content (AvgIpc) is 3.31.